The van der Waals surface area contributed by atoms with Gasteiger partial charge in [0.05, 0.1) is 22.1 Å². The van der Waals surface area contributed by atoms with Crippen LogP contribution in [0, 0.1) is 0 Å². The van der Waals surface area contributed by atoms with Gasteiger partial charge in [-0.15, -0.1) is 0 Å². The highest BCUT2D eigenvalue weighted by molar-refractivity contribution is 5.88. The molecule has 1 aliphatic heterocycles. The van der Waals surface area contributed by atoms with Crippen LogP contribution in [0.3, 0.4) is 0 Å². The van der Waals surface area contributed by atoms with Crippen molar-refractivity contribution in [1.82, 2.24) is 30.2 Å². The van der Waals surface area contributed by atoms with Crippen LogP contribution in [-0.2, 0) is 0 Å². The molecule has 0 spiro atoms. The zero-order valence-corrected chi connectivity index (χ0v) is 19.7. The predicted octanol–water partition coefficient (Wildman–Crippen LogP) is 6.21. The van der Waals surface area contributed by atoms with Crippen LogP contribution < -0.4 is 10.1 Å². The number of aromatic nitrogens is 5. The average Bonchev–Trinajstić information content (AvgIpc) is 3.58. The molecule has 1 unspecified atom stereocenters. The minimum Gasteiger partial charge on any atom is -0.467 e. The van der Waals surface area contributed by atoms with Crippen LogP contribution >= 0.6 is 0 Å². The van der Waals surface area contributed by atoms with E-state index in [0.717, 1.165) is 61.7 Å². The SMILES string of the molecule is C1=CNC(Oc2ccc(-c3nc4ccc(-c5ccc6nc(-c7ccncc7)[nH]c6c5)cc4[nH]3)cc2)C=C1. The number of dihydropyridines is 1. The van der Waals surface area contributed by atoms with Crippen LogP contribution in [0.4, 0.5) is 0 Å². The Morgan fingerprint density at radius 1 is 0.622 bits per heavy atom. The summed E-state index contributed by atoms with van der Waals surface area (Å²) < 4.78 is 5.94. The second-order valence-electron chi connectivity index (χ2n) is 8.84. The van der Waals surface area contributed by atoms with Gasteiger partial charge in [-0.25, -0.2) is 9.97 Å². The summed E-state index contributed by atoms with van der Waals surface area (Å²) in [4.78, 5) is 20.5. The summed E-state index contributed by atoms with van der Waals surface area (Å²) in [5.41, 5.74) is 8.06. The molecule has 178 valence electrons. The molecule has 1 aliphatic rings. The first kappa shape index (κ1) is 21.1. The summed E-state index contributed by atoms with van der Waals surface area (Å²) >= 11 is 0. The largest absolute Gasteiger partial charge is 0.467 e. The lowest BCUT2D eigenvalue weighted by Gasteiger charge is -2.17. The van der Waals surface area contributed by atoms with Gasteiger partial charge in [0.2, 0.25) is 0 Å². The molecule has 3 aromatic carbocycles. The molecule has 0 bridgehead atoms. The van der Waals surface area contributed by atoms with Crippen molar-refractivity contribution in [2.45, 2.75) is 6.23 Å². The summed E-state index contributed by atoms with van der Waals surface area (Å²) in [5.74, 6) is 2.45. The Morgan fingerprint density at radius 3 is 1.81 bits per heavy atom. The molecule has 1 atom stereocenters. The summed E-state index contributed by atoms with van der Waals surface area (Å²) in [6.45, 7) is 0. The quantitative estimate of drug-likeness (QED) is 0.272. The lowest BCUT2D eigenvalue weighted by Crippen LogP contribution is -2.29. The summed E-state index contributed by atoms with van der Waals surface area (Å²) in [6.07, 6.45) is 11.1. The Balaban J connectivity index is 1.15. The third-order valence-corrected chi connectivity index (χ3v) is 6.40. The van der Waals surface area contributed by atoms with Gasteiger partial charge in [-0.2, -0.15) is 0 Å². The van der Waals surface area contributed by atoms with Gasteiger partial charge >= 0.3 is 0 Å². The van der Waals surface area contributed by atoms with Crippen molar-refractivity contribution >= 4 is 22.1 Å². The summed E-state index contributed by atoms with van der Waals surface area (Å²) in [7, 11) is 0. The summed E-state index contributed by atoms with van der Waals surface area (Å²) in [6, 6.07) is 24.4. The Bertz CT molecular complexity index is 1780. The smallest absolute Gasteiger partial charge is 0.189 e. The number of rotatable bonds is 5. The number of aromatic amines is 2. The van der Waals surface area contributed by atoms with E-state index in [0.29, 0.717) is 0 Å². The first-order valence-corrected chi connectivity index (χ1v) is 12.1. The van der Waals surface area contributed by atoms with E-state index in [1.54, 1.807) is 12.4 Å². The fourth-order valence-electron chi connectivity index (χ4n) is 4.50. The molecule has 7 nitrogen and oxygen atoms in total. The molecular weight excluding hydrogens is 460 g/mol. The van der Waals surface area contributed by atoms with Crippen LogP contribution in [0.15, 0.2) is 110 Å². The first-order valence-electron chi connectivity index (χ1n) is 12.1. The Labute approximate surface area is 212 Å². The van der Waals surface area contributed by atoms with E-state index in [-0.39, 0.29) is 6.23 Å². The van der Waals surface area contributed by atoms with Crippen molar-refractivity contribution < 1.29 is 4.74 Å². The number of hydrogen-bond acceptors (Lipinski definition) is 5. The van der Waals surface area contributed by atoms with Gasteiger partial charge in [0.15, 0.2) is 6.23 Å². The highest BCUT2D eigenvalue weighted by Gasteiger charge is 2.11. The van der Waals surface area contributed by atoms with Gasteiger partial charge < -0.3 is 20.0 Å². The van der Waals surface area contributed by atoms with Crippen LogP contribution in [0.1, 0.15) is 0 Å². The molecule has 0 saturated carbocycles. The van der Waals surface area contributed by atoms with Crippen molar-refractivity contribution in [2.75, 3.05) is 0 Å². The van der Waals surface area contributed by atoms with Crippen LogP contribution in [0.2, 0.25) is 0 Å². The molecule has 7 heteroatoms. The van der Waals surface area contributed by atoms with E-state index in [9.17, 15) is 0 Å². The fraction of sp³-hybridized carbons (Fsp3) is 0.0333. The van der Waals surface area contributed by atoms with Crippen molar-refractivity contribution in [2.24, 2.45) is 0 Å². The van der Waals surface area contributed by atoms with Gasteiger partial charge in [0.25, 0.3) is 0 Å². The second kappa shape index (κ2) is 8.80. The normalized spacial score (nSPS) is 14.8. The van der Waals surface area contributed by atoms with E-state index in [1.807, 2.05) is 66.9 Å². The molecule has 0 fully saturated rings. The Hall–Kier alpha value is -5.17. The van der Waals surface area contributed by atoms with Crippen LogP contribution in [-0.4, -0.2) is 31.1 Å². The number of benzene rings is 3. The second-order valence-corrected chi connectivity index (χ2v) is 8.84. The molecule has 3 N–H and O–H groups in total. The minimum atomic E-state index is -0.163. The molecule has 7 rings (SSSR count). The topological polar surface area (TPSA) is 91.5 Å². The number of nitrogens with zero attached hydrogens (tertiary/aromatic N) is 3. The maximum atomic E-state index is 5.94. The van der Waals surface area contributed by atoms with Gasteiger partial charge in [-0.3, -0.25) is 4.98 Å². The lowest BCUT2D eigenvalue weighted by atomic mass is 10.0. The molecule has 37 heavy (non-hydrogen) atoms. The Kier molecular flexibility index (Phi) is 5.03. The maximum Gasteiger partial charge on any atom is 0.189 e. The zero-order valence-electron chi connectivity index (χ0n) is 19.7. The van der Waals surface area contributed by atoms with E-state index in [1.165, 1.54) is 0 Å². The van der Waals surface area contributed by atoms with E-state index in [4.69, 9.17) is 14.7 Å². The fourth-order valence-corrected chi connectivity index (χ4v) is 4.50. The average molecular weight is 483 g/mol. The molecule has 3 aromatic heterocycles. The standard InChI is InChI=1S/C30H22N6O/c1-2-14-32-28(3-1)37-23-8-4-19(5-9-23)29-33-24-10-6-21(17-26(24)35-29)22-7-11-25-27(18-22)36-30(34-25)20-12-15-31-16-13-20/h1-18,28,32H,(H,33,35)(H,34,36). The molecule has 6 aromatic rings. The van der Waals surface area contributed by atoms with E-state index < -0.39 is 0 Å². The van der Waals surface area contributed by atoms with Crippen molar-refractivity contribution in [3.8, 4) is 39.7 Å². The van der Waals surface area contributed by atoms with Crippen molar-refractivity contribution in [3.05, 3.63) is 110 Å². The van der Waals surface area contributed by atoms with Crippen molar-refractivity contribution in [1.29, 1.82) is 0 Å². The third kappa shape index (κ3) is 4.12. The van der Waals surface area contributed by atoms with Gasteiger partial charge in [0.1, 0.15) is 17.4 Å². The summed E-state index contributed by atoms with van der Waals surface area (Å²) in [5, 5.41) is 3.15. The number of H-pyrrole nitrogens is 2. The number of fused-ring (bicyclic) bond motifs is 2. The monoisotopic (exact) mass is 482 g/mol. The van der Waals surface area contributed by atoms with Gasteiger partial charge in [-0.1, -0.05) is 18.2 Å². The zero-order chi connectivity index (χ0) is 24.6. The molecule has 0 aliphatic carbocycles. The highest BCUT2D eigenvalue weighted by Crippen LogP contribution is 2.29. The van der Waals surface area contributed by atoms with E-state index >= 15 is 0 Å². The minimum absolute atomic E-state index is 0.163. The number of hydrogen-bond donors (Lipinski definition) is 3. The Morgan fingerprint density at radius 2 is 1.22 bits per heavy atom. The number of ether oxygens (including phenoxy) is 1. The van der Waals surface area contributed by atoms with Gasteiger partial charge in [0, 0.05) is 23.5 Å². The molecular formula is C30H22N6O. The molecule has 4 heterocycles. The number of imidazole rings is 2. The predicted molar refractivity (Wildman–Crippen MR) is 146 cm³/mol. The molecule has 0 radical (unpaired) electrons. The van der Waals surface area contributed by atoms with Crippen molar-refractivity contribution in [3.63, 3.8) is 0 Å². The third-order valence-electron chi connectivity index (χ3n) is 6.40. The first-order chi connectivity index (χ1) is 18.3. The van der Waals surface area contributed by atoms with Crippen LogP contribution in [0.5, 0.6) is 5.75 Å². The number of allylic oxidation sites excluding steroid dienone is 2. The highest BCUT2D eigenvalue weighted by atomic mass is 16.5. The van der Waals surface area contributed by atoms with Crippen LogP contribution in [0.25, 0.3) is 56.0 Å². The molecule has 0 saturated heterocycles. The van der Waals surface area contributed by atoms with E-state index in [2.05, 4.69) is 50.6 Å². The molecule has 0 amide bonds. The number of pyridine rings is 1. The number of nitrogens with one attached hydrogen (secondary N) is 3. The van der Waals surface area contributed by atoms with Gasteiger partial charge in [-0.05, 0) is 90.1 Å². The lowest BCUT2D eigenvalue weighted by molar-refractivity contribution is 0.227. The maximum absolute atomic E-state index is 5.94.